The molecule has 3 rings (SSSR count). The monoisotopic (exact) mass is 308 g/mol. The number of nitrogens with zero attached hydrogens (tertiary/aromatic N) is 2. The lowest BCUT2D eigenvalue weighted by Gasteiger charge is -2.48. The van der Waals surface area contributed by atoms with Crippen molar-refractivity contribution >= 4 is 35.0 Å². The maximum absolute atomic E-state index is 11.9. The number of aryl methyl sites for hydroxylation is 1. The van der Waals surface area contributed by atoms with E-state index in [1.165, 1.54) is 16.2 Å². The lowest BCUT2D eigenvalue weighted by Crippen LogP contribution is -2.60. The quantitative estimate of drug-likeness (QED) is 0.684. The minimum atomic E-state index is -1.07. The van der Waals surface area contributed by atoms with E-state index in [0.29, 0.717) is 0 Å². The number of fused-ring (bicyclic) bond motifs is 1. The number of carboxylic acid groups (broad SMARTS) is 1. The number of carbonyl (C=O) groups excluding carboxylic acids is 1. The van der Waals surface area contributed by atoms with Gasteiger partial charge in [-0.05, 0) is 13.0 Å². The molecular formula is C13H12N2O3S2. The molecule has 0 saturated carbocycles. The molecule has 5 nitrogen and oxygen atoms in total. The maximum Gasteiger partial charge on any atom is 0.352 e. The van der Waals surface area contributed by atoms with E-state index in [1.807, 2.05) is 6.92 Å². The Morgan fingerprint density at radius 2 is 2.35 bits per heavy atom. The van der Waals surface area contributed by atoms with Crippen LogP contribution in [-0.2, 0) is 9.59 Å². The smallest absolute Gasteiger partial charge is 0.352 e. The van der Waals surface area contributed by atoms with Crippen molar-refractivity contribution in [1.29, 1.82) is 0 Å². The summed E-state index contributed by atoms with van der Waals surface area (Å²) in [5.74, 6) is -1.57. The van der Waals surface area contributed by atoms with Crippen LogP contribution in [0.15, 0.2) is 29.9 Å². The number of β-lactam (4-membered cyclic amide) rings is 1. The van der Waals surface area contributed by atoms with Crippen LogP contribution in [0.2, 0.25) is 0 Å². The normalized spacial score (nSPS) is 28.4. The number of rotatable bonds is 3. The summed E-state index contributed by atoms with van der Waals surface area (Å²) in [6.45, 7) is 5.57. The van der Waals surface area contributed by atoms with E-state index in [9.17, 15) is 14.7 Å². The molecule has 2 aliphatic rings. The number of carbonyl (C=O) groups is 2. The van der Waals surface area contributed by atoms with Crippen LogP contribution in [0, 0.1) is 12.8 Å². The van der Waals surface area contributed by atoms with Crippen LogP contribution in [0.25, 0.3) is 0 Å². The zero-order valence-electron chi connectivity index (χ0n) is 10.6. The number of aliphatic carboxylic acids is 1. The number of thioether (sulfide) groups is 1. The van der Waals surface area contributed by atoms with Crippen LogP contribution in [0.1, 0.15) is 15.8 Å². The summed E-state index contributed by atoms with van der Waals surface area (Å²) in [5.41, 5.74) is 2.72. The van der Waals surface area contributed by atoms with E-state index in [-0.39, 0.29) is 28.1 Å². The molecule has 1 aromatic rings. The molecule has 2 unspecified atom stereocenters. The SMILES string of the molecule is C=CC1C(=O)N2C(C(=O)O)=CC(c3scnc3C)S[C@@H]12. The summed E-state index contributed by atoms with van der Waals surface area (Å²) < 4.78 is 0. The van der Waals surface area contributed by atoms with E-state index in [0.717, 1.165) is 10.6 Å². The molecule has 0 spiro atoms. The molecule has 1 fully saturated rings. The highest BCUT2D eigenvalue weighted by Gasteiger charge is 2.52. The van der Waals surface area contributed by atoms with Gasteiger partial charge in [0.05, 0.1) is 27.7 Å². The van der Waals surface area contributed by atoms with Crippen molar-refractivity contribution in [2.45, 2.75) is 17.5 Å². The van der Waals surface area contributed by atoms with E-state index >= 15 is 0 Å². The molecular weight excluding hydrogens is 296 g/mol. The molecule has 1 aromatic heterocycles. The van der Waals surface area contributed by atoms with Gasteiger partial charge in [0.25, 0.3) is 0 Å². The third-order valence-corrected chi connectivity index (χ3v) is 6.06. The number of hydrogen-bond donors (Lipinski definition) is 1. The number of amides is 1. The van der Waals surface area contributed by atoms with Crippen molar-refractivity contribution in [1.82, 2.24) is 9.88 Å². The Morgan fingerprint density at radius 1 is 1.60 bits per heavy atom. The van der Waals surface area contributed by atoms with Gasteiger partial charge in [-0.15, -0.1) is 29.7 Å². The van der Waals surface area contributed by atoms with E-state index < -0.39 is 5.97 Å². The van der Waals surface area contributed by atoms with Gasteiger partial charge in [-0.3, -0.25) is 9.69 Å². The predicted octanol–water partition coefficient (Wildman–Crippen LogP) is 2.18. The van der Waals surface area contributed by atoms with Crippen LogP contribution >= 0.6 is 23.1 Å². The fourth-order valence-electron chi connectivity index (χ4n) is 2.41. The van der Waals surface area contributed by atoms with Crippen molar-refractivity contribution in [2.24, 2.45) is 5.92 Å². The zero-order chi connectivity index (χ0) is 14.4. The second-order valence-corrected chi connectivity index (χ2v) is 6.73. The van der Waals surface area contributed by atoms with Crippen LogP contribution in [0.4, 0.5) is 0 Å². The summed E-state index contributed by atoms with van der Waals surface area (Å²) in [5, 5.41) is 9.06. The van der Waals surface area contributed by atoms with Crippen molar-refractivity contribution < 1.29 is 14.7 Å². The number of carboxylic acids is 1. The van der Waals surface area contributed by atoms with Crippen LogP contribution in [0.5, 0.6) is 0 Å². The second-order valence-electron chi connectivity index (χ2n) is 4.58. The first-order valence-electron chi connectivity index (χ1n) is 6.00. The standard InChI is InChI=1S/C13H12N2O3S2/c1-3-7-11(16)15-8(13(17)18)4-9(20-12(7)15)10-6(2)14-5-19-10/h3-5,7,9,12H,1H2,2H3,(H,17,18)/t7?,9?,12-/m0/s1. The molecule has 1 saturated heterocycles. The van der Waals surface area contributed by atoms with Crippen molar-refractivity contribution in [2.75, 3.05) is 0 Å². The molecule has 1 N–H and O–H groups in total. The largest absolute Gasteiger partial charge is 0.477 e. The third-order valence-electron chi connectivity index (χ3n) is 3.45. The molecule has 0 aliphatic carbocycles. The van der Waals surface area contributed by atoms with Gasteiger partial charge in [-0.25, -0.2) is 9.78 Å². The van der Waals surface area contributed by atoms with Gasteiger partial charge in [-0.2, -0.15) is 0 Å². The fourth-order valence-corrected chi connectivity index (χ4v) is 5.04. The van der Waals surface area contributed by atoms with Gasteiger partial charge in [0.15, 0.2) is 0 Å². The van der Waals surface area contributed by atoms with Crippen molar-refractivity contribution in [3.63, 3.8) is 0 Å². The van der Waals surface area contributed by atoms with Gasteiger partial charge in [0, 0.05) is 4.88 Å². The number of hydrogen-bond acceptors (Lipinski definition) is 5. The molecule has 0 aromatic carbocycles. The Kier molecular flexibility index (Phi) is 3.18. The molecule has 7 heteroatoms. The van der Waals surface area contributed by atoms with Gasteiger partial charge in [0.1, 0.15) is 5.70 Å². The second kappa shape index (κ2) is 4.75. The maximum atomic E-state index is 11.9. The summed E-state index contributed by atoms with van der Waals surface area (Å²) in [7, 11) is 0. The fraction of sp³-hybridized carbons (Fsp3) is 0.308. The Balaban J connectivity index is 2.01. The van der Waals surface area contributed by atoms with Crippen LogP contribution in [-0.4, -0.2) is 32.2 Å². The summed E-state index contributed by atoms with van der Waals surface area (Å²) >= 11 is 3.08. The first kappa shape index (κ1) is 13.4. The highest BCUT2D eigenvalue weighted by molar-refractivity contribution is 8.00. The lowest BCUT2D eigenvalue weighted by molar-refractivity contribution is -0.149. The molecule has 104 valence electrons. The summed E-state index contributed by atoms with van der Waals surface area (Å²) in [6, 6.07) is 0. The highest BCUT2D eigenvalue weighted by Crippen LogP contribution is 2.51. The Labute approximate surface area is 124 Å². The molecule has 0 bridgehead atoms. The molecule has 20 heavy (non-hydrogen) atoms. The minimum Gasteiger partial charge on any atom is -0.477 e. The Bertz CT molecular complexity index is 637. The van der Waals surface area contributed by atoms with Crippen molar-refractivity contribution in [3.05, 3.63) is 40.5 Å². The molecule has 3 heterocycles. The molecule has 0 radical (unpaired) electrons. The Hall–Kier alpha value is -1.60. The summed E-state index contributed by atoms with van der Waals surface area (Å²) in [4.78, 5) is 29.9. The van der Waals surface area contributed by atoms with Crippen molar-refractivity contribution in [3.8, 4) is 0 Å². The van der Waals surface area contributed by atoms with E-state index in [4.69, 9.17) is 0 Å². The lowest BCUT2D eigenvalue weighted by atomic mass is 9.96. The van der Waals surface area contributed by atoms with Gasteiger partial charge < -0.3 is 5.11 Å². The predicted molar refractivity (Wildman–Crippen MR) is 77.2 cm³/mol. The average molecular weight is 308 g/mol. The van der Waals surface area contributed by atoms with E-state index in [2.05, 4.69) is 11.6 Å². The molecule has 3 atom stereocenters. The van der Waals surface area contributed by atoms with Gasteiger partial charge >= 0.3 is 5.97 Å². The summed E-state index contributed by atoms with van der Waals surface area (Å²) in [6.07, 6.45) is 3.24. The van der Waals surface area contributed by atoms with Gasteiger partial charge in [0.2, 0.25) is 5.91 Å². The zero-order valence-corrected chi connectivity index (χ0v) is 12.3. The van der Waals surface area contributed by atoms with Crippen LogP contribution in [0.3, 0.4) is 0 Å². The van der Waals surface area contributed by atoms with E-state index in [1.54, 1.807) is 29.4 Å². The minimum absolute atomic E-state index is 0.0645. The van der Waals surface area contributed by atoms with Gasteiger partial charge in [-0.1, -0.05) is 6.08 Å². The highest BCUT2D eigenvalue weighted by atomic mass is 32.2. The molecule has 1 amide bonds. The number of thiazole rings is 1. The first-order valence-corrected chi connectivity index (χ1v) is 7.83. The third kappa shape index (κ3) is 1.81. The van der Waals surface area contributed by atoms with Crippen LogP contribution < -0.4 is 0 Å². The first-order chi connectivity index (χ1) is 9.54. The number of aromatic nitrogens is 1. The Morgan fingerprint density at radius 3 is 2.90 bits per heavy atom. The average Bonchev–Trinajstić information content (AvgIpc) is 2.83. The topological polar surface area (TPSA) is 70.5 Å². The molecule has 2 aliphatic heterocycles.